The van der Waals surface area contributed by atoms with Gasteiger partial charge in [0, 0.05) is 11.5 Å². The van der Waals surface area contributed by atoms with Gasteiger partial charge in [-0.3, -0.25) is 0 Å². The van der Waals surface area contributed by atoms with Crippen molar-refractivity contribution in [2.75, 3.05) is 18.1 Å². The van der Waals surface area contributed by atoms with Gasteiger partial charge in [-0.1, -0.05) is 18.2 Å². The normalized spacial score (nSPS) is 23.0. The van der Waals surface area contributed by atoms with Gasteiger partial charge in [-0.25, -0.2) is 4.79 Å². The number of carbonyl (C=O) groups excluding carboxylic acids is 1. The number of carbonyl (C=O) groups is 1. The quantitative estimate of drug-likeness (QED) is 0.435. The van der Waals surface area contributed by atoms with Crippen molar-refractivity contribution in [1.82, 2.24) is 0 Å². The Morgan fingerprint density at radius 1 is 1.37 bits per heavy atom. The van der Waals surface area contributed by atoms with Crippen molar-refractivity contribution < 1.29 is 9.53 Å². The molecule has 0 atom stereocenters. The van der Waals surface area contributed by atoms with E-state index in [0.717, 1.165) is 19.3 Å². The molecule has 1 aliphatic carbocycles. The average Bonchev–Trinajstić information content (AvgIpc) is 2.90. The number of esters is 1. The highest BCUT2D eigenvalue weighted by Gasteiger charge is 2.39. The summed E-state index contributed by atoms with van der Waals surface area (Å²) in [5, 5.41) is 0. The Labute approximate surface area is 124 Å². The summed E-state index contributed by atoms with van der Waals surface area (Å²) in [4.78, 5) is 11.4. The Hall–Kier alpha value is -0.350. The molecule has 0 spiro atoms. The van der Waals surface area contributed by atoms with E-state index in [2.05, 4.69) is 35.7 Å². The molecule has 2 rings (SSSR count). The van der Waals surface area contributed by atoms with Crippen LogP contribution in [0.2, 0.25) is 0 Å². The van der Waals surface area contributed by atoms with Gasteiger partial charge in [-0.15, -0.1) is 23.5 Å². The van der Waals surface area contributed by atoms with Crippen LogP contribution < -0.4 is 0 Å². The maximum absolute atomic E-state index is 11.4. The van der Waals surface area contributed by atoms with Gasteiger partial charge in [0.2, 0.25) is 0 Å². The Kier molecular flexibility index (Phi) is 5.89. The lowest BCUT2D eigenvalue weighted by Crippen LogP contribution is -2.30. The molecule has 0 bridgehead atoms. The molecule has 106 valence electrons. The zero-order chi connectivity index (χ0) is 13.6. The van der Waals surface area contributed by atoms with E-state index in [1.165, 1.54) is 17.9 Å². The van der Waals surface area contributed by atoms with Crippen LogP contribution >= 0.6 is 23.5 Å². The number of rotatable bonds is 5. The SMILES string of the molecule is CCOC(=O)/C=C/CC1(C2SCCCS2)CC=CC1. The van der Waals surface area contributed by atoms with Gasteiger partial charge in [-0.05, 0) is 44.1 Å². The van der Waals surface area contributed by atoms with E-state index in [1.807, 2.05) is 13.0 Å². The zero-order valence-corrected chi connectivity index (χ0v) is 13.1. The summed E-state index contributed by atoms with van der Waals surface area (Å²) < 4.78 is 5.60. The molecule has 1 heterocycles. The van der Waals surface area contributed by atoms with Crippen LogP contribution in [0.1, 0.15) is 32.6 Å². The first-order chi connectivity index (χ1) is 9.27. The third kappa shape index (κ3) is 4.06. The van der Waals surface area contributed by atoms with Gasteiger partial charge in [0.05, 0.1) is 11.2 Å². The van der Waals surface area contributed by atoms with E-state index in [-0.39, 0.29) is 5.97 Å². The topological polar surface area (TPSA) is 26.3 Å². The van der Waals surface area contributed by atoms with Crippen molar-refractivity contribution in [1.29, 1.82) is 0 Å². The molecule has 1 aliphatic heterocycles. The third-order valence-corrected chi connectivity index (χ3v) is 7.08. The molecule has 0 amide bonds. The summed E-state index contributed by atoms with van der Waals surface area (Å²) in [7, 11) is 0. The Morgan fingerprint density at radius 3 is 2.68 bits per heavy atom. The molecule has 4 heteroatoms. The molecule has 0 unspecified atom stereocenters. The Morgan fingerprint density at radius 2 is 2.05 bits per heavy atom. The first-order valence-corrected chi connectivity index (χ1v) is 9.08. The van der Waals surface area contributed by atoms with Gasteiger partial charge < -0.3 is 4.74 Å². The second-order valence-corrected chi connectivity index (χ2v) is 7.75. The maximum atomic E-state index is 11.4. The second kappa shape index (κ2) is 7.44. The van der Waals surface area contributed by atoms with E-state index >= 15 is 0 Å². The van der Waals surface area contributed by atoms with Crippen LogP contribution in [0.5, 0.6) is 0 Å². The van der Waals surface area contributed by atoms with Crippen LogP contribution in [0.15, 0.2) is 24.3 Å². The first-order valence-electron chi connectivity index (χ1n) is 6.98. The summed E-state index contributed by atoms with van der Waals surface area (Å²) in [6.45, 7) is 2.29. The van der Waals surface area contributed by atoms with E-state index in [1.54, 1.807) is 6.08 Å². The molecule has 19 heavy (non-hydrogen) atoms. The molecule has 0 radical (unpaired) electrons. The highest BCUT2D eigenvalue weighted by molar-refractivity contribution is 8.17. The van der Waals surface area contributed by atoms with E-state index < -0.39 is 0 Å². The van der Waals surface area contributed by atoms with Gasteiger partial charge >= 0.3 is 5.97 Å². The van der Waals surface area contributed by atoms with Gasteiger partial charge in [0.15, 0.2) is 0 Å². The predicted molar refractivity (Wildman–Crippen MR) is 84.5 cm³/mol. The van der Waals surface area contributed by atoms with Crippen molar-refractivity contribution in [3.8, 4) is 0 Å². The summed E-state index contributed by atoms with van der Waals surface area (Å²) in [5.74, 6) is 2.34. The standard InChI is InChI=1S/C15H22O2S2/c1-2-17-13(16)7-5-10-15(8-3-4-9-15)14-18-11-6-12-19-14/h3-5,7,14H,2,6,8-12H2,1H3/b7-5+. The molecule has 2 aliphatic rings. The minimum absolute atomic E-state index is 0.215. The van der Waals surface area contributed by atoms with E-state index in [9.17, 15) is 4.79 Å². The molecule has 0 aromatic heterocycles. The minimum Gasteiger partial charge on any atom is -0.463 e. The maximum Gasteiger partial charge on any atom is 0.330 e. The minimum atomic E-state index is -0.215. The largest absolute Gasteiger partial charge is 0.463 e. The van der Waals surface area contributed by atoms with Crippen molar-refractivity contribution in [3.63, 3.8) is 0 Å². The predicted octanol–water partition coefficient (Wildman–Crippen LogP) is 4.03. The molecule has 0 saturated carbocycles. The lowest BCUT2D eigenvalue weighted by molar-refractivity contribution is -0.137. The number of hydrogen-bond donors (Lipinski definition) is 0. The Balaban J connectivity index is 1.93. The number of allylic oxidation sites excluding steroid dienone is 3. The molecular formula is C15H22O2S2. The van der Waals surface area contributed by atoms with Gasteiger partial charge in [0.25, 0.3) is 0 Å². The molecule has 0 aromatic carbocycles. The molecule has 1 fully saturated rings. The monoisotopic (exact) mass is 298 g/mol. The smallest absolute Gasteiger partial charge is 0.330 e. The second-order valence-electron chi connectivity index (χ2n) is 5.03. The van der Waals surface area contributed by atoms with Crippen molar-refractivity contribution in [3.05, 3.63) is 24.3 Å². The van der Waals surface area contributed by atoms with Crippen LogP contribution in [0.25, 0.3) is 0 Å². The van der Waals surface area contributed by atoms with Crippen LogP contribution in [0, 0.1) is 5.41 Å². The van der Waals surface area contributed by atoms with E-state index in [0.29, 0.717) is 16.6 Å². The fraction of sp³-hybridized carbons (Fsp3) is 0.667. The summed E-state index contributed by atoms with van der Waals surface area (Å²) in [5.41, 5.74) is 0.318. The summed E-state index contributed by atoms with van der Waals surface area (Å²) in [6.07, 6.45) is 12.8. The summed E-state index contributed by atoms with van der Waals surface area (Å²) in [6, 6.07) is 0. The highest BCUT2D eigenvalue weighted by atomic mass is 32.2. The number of thioether (sulfide) groups is 2. The fourth-order valence-electron chi connectivity index (χ4n) is 2.60. The number of hydrogen-bond acceptors (Lipinski definition) is 4. The van der Waals surface area contributed by atoms with Crippen molar-refractivity contribution >= 4 is 29.5 Å². The fourth-order valence-corrected chi connectivity index (χ4v) is 6.08. The Bertz CT molecular complexity index is 349. The molecule has 0 N–H and O–H groups in total. The molecule has 0 aromatic rings. The van der Waals surface area contributed by atoms with Crippen LogP contribution in [-0.2, 0) is 9.53 Å². The highest BCUT2D eigenvalue weighted by Crippen LogP contribution is 2.51. The molecule has 1 saturated heterocycles. The van der Waals surface area contributed by atoms with Crippen LogP contribution in [0.4, 0.5) is 0 Å². The summed E-state index contributed by atoms with van der Waals surface area (Å²) >= 11 is 4.20. The lowest BCUT2D eigenvalue weighted by Gasteiger charge is -2.38. The average molecular weight is 298 g/mol. The lowest BCUT2D eigenvalue weighted by atomic mass is 9.83. The zero-order valence-electron chi connectivity index (χ0n) is 11.5. The van der Waals surface area contributed by atoms with Gasteiger partial charge in [0.1, 0.15) is 0 Å². The van der Waals surface area contributed by atoms with Crippen LogP contribution in [0.3, 0.4) is 0 Å². The molecular weight excluding hydrogens is 276 g/mol. The van der Waals surface area contributed by atoms with E-state index in [4.69, 9.17) is 4.74 Å². The van der Waals surface area contributed by atoms with Crippen LogP contribution in [-0.4, -0.2) is 28.7 Å². The third-order valence-electron chi connectivity index (χ3n) is 3.61. The number of ether oxygens (including phenoxy) is 1. The molecule has 2 nitrogen and oxygen atoms in total. The van der Waals surface area contributed by atoms with Gasteiger partial charge in [-0.2, -0.15) is 0 Å². The van der Waals surface area contributed by atoms with Crippen molar-refractivity contribution in [2.24, 2.45) is 5.41 Å². The van der Waals surface area contributed by atoms with Crippen molar-refractivity contribution in [2.45, 2.75) is 37.2 Å². The first kappa shape index (κ1) is 15.0.